The van der Waals surface area contributed by atoms with Crippen molar-refractivity contribution >= 4 is 11.6 Å². The van der Waals surface area contributed by atoms with Gasteiger partial charge in [0, 0.05) is 19.2 Å². The average Bonchev–Trinajstić information content (AvgIpc) is 2.43. The van der Waals surface area contributed by atoms with E-state index in [-0.39, 0.29) is 6.61 Å². The number of halogens is 1. The molecule has 5 heteroatoms. The van der Waals surface area contributed by atoms with Gasteiger partial charge in [0.05, 0.1) is 18.9 Å². The van der Waals surface area contributed by atoms with Crippen molar-refractivity contribution in [2.24, 2.45) is 0 Å². The Morgan fingerprint density at radius 1 is 1.62 bits per heavy atom. The van der Waals surface area contributed by atoms with Gasteiger partial charge < -0.3 is 9.84 Å². The van der Waals surface area contributed by atoms with Crippen molar-refractivity contribution in [1.82, 2.24) is 9.78 Å². The third-order valence-electron chi connectivity index (χ3n) is 1.80. The quantitative estimate of drug-likeness (QED) is 0.802. The Morgan fingerprint density at radius 2 is 2.31 bits per heavy atom. The van der Waals surface area contributed by atoms with E-state index in [2.05, 4.69) is 5.10 Å². The van der Waals surface area contributed by atoms with Gasteiger partial charge in [-0.15, -0.1) is 0 Å². The van der Waals surface area contributed by atoms with Crippen molar-refractivity contribution in [3.05, 3.63) is 16.4 Å². The lowest BCUT2D eigenvalue weighted by Gasteiger charge is -1.96. The predicted molar refractivity (Wildman–Crippen MR) is 49.5 cm³/mol. The van der Waals surface area contributed by atoms with Crippen LogP contribution in [0, 0.1) is 0 Å². The van der Waals surface area contributed by atoms with Crippen LogP contribution in [0.15, 0.2) is 0 Å². The Labute approximate surface area is 82.1 Å². The van der Waals surface area contributed by atoms with Crippen LogP contribution in [-0.4, -0.2) is 22.0 Å². The Hall–Kier alpha value is -0.580. The van der Waals surface area contributed by atoms with Crippen LogP contribution in [0.1, 0.15) is 18.2 Å². The minimum absolute atomic E-state index is 0.0997. The molecule has 0 spiro atoms. The predicted octanol–water partition coefficient (Wildman–Crippen LogP) is 1.20. The highest BCUT2D eigenvalue weighted by Crippen LogP contribution is 2.20. The summed E-state index contributed by atoms with van der Waals surface area (Å²) in [5.41, 5.74) is 1.36. The molecule has 0 saturated heterocycles. The summed E-state index contributed by atoms with van der Waals surface area (Å²) in [6.07, 6.45) is 0. The monoisotopic (exact) mass is 204 g/mol. The molecule has 1 aromatic heterocycles. The third-order valence-corrected chi connectivity index (χ3v) is 2.23. The Morgan fingerprint density at radius 3 is 2.77 bits per heavy atom. The summed E-state index contributed by atoms with van der Waals surface area (Å²) in [5.74, 6) is 0. The van der Waals surface area contributed by atoms with Gasteiger partial charge in [0.1, 0.15) is 5.15 Å². The number of aromatic nitrogens is 2. The molecule has 0 aliphatic heterocycles. The smallest absolute Gasteiger partial charge is 0.132 e. The van der Waals surface area contributed by atoms with Crippen molar-refractivity contribution in [3.8, 4) is 0 Å². The zero-order valence-corrected chi connectivity index (χ0v) is 8.51. The van der Waals surface area contributed by atoms with E-state index in [1.807, 2.05) is 6.92 Å². The largest absolute Gasteiger partial charge is 0.391 e. The number of nitrogens with zero attached hydrogens (tertiary/aromatic N) is 2. The first-order valence-electron chi connectivity index (χ1n) is 4.08. The summed E-state index contributed by atoms with van der Waals surface area (Å²) in [6, 6.07) is 0. The van der Waals surface area contributed by atoms with Crippen molar-refractivity contribution in [2.75, 3.05) is 7.11 Å². The maximum atomic E-state index is 9.04. The molecule has 4 nitrogen and oxygen atoms in total. The maximum Gasteiger partial charge on any atom is 0.132 e. The van der Waals surface area contributed by atoms with Gasteiger partial charge in [0.2, 0.25) is 0 Å². The van der Waals surface area contributed by atoms with Crippen molar-refractivity contribution < 1.29 is 9.84 Å². The van der Waals surface area contributed by atoms with E-state index in [0.29, 0.717) is 29.6 Å². The minimum Gasteiger partial charge on any atom is -0.391 e. The zero-order valence-electron chi connectivity index (χ0n) is 7.75. The standard InChI is InChI=1S/C8H13ClN2O2/c1-3-11-8(9)6(4-12)7(10-11)5-13-2/h12H,3-5H2,1-2H3. The highest BCUT2D eigenvalue weighted by Gasteiger charge is 2.13. The van der Waals surface area contributed by atoms with E-state index in [1.54, 1.807) is 11.8 Å². The van der Waals surface area contributed by atoms with E-state index in [4.69, 9.17) is 21.4 Å². The average molecular weight is 205 g/mol. The first-order valence-corrected chi connectivity index (χ1v) is 4.46. The molecule has 1 N–H and O–H groups in total. The van der Waals surface area contributed by atoms with Gasteiger partial charge >= 0.3 is 0 Å². The van der Waals surface area contributed by atoms with Crippen LogP contribution in [-0.2, 0) is 24.5 Å². The fraction of sp³-hybridized carbons (Fsp3) is 0.625. The van der Waals surface area contributed by atoms with E-state index >= 15 is 0 Å². The van der Waals surface area contributed by atoms with Crippen molar-refractivity contribution in [3.63, 3.8) is 0 Å². The summed E-state index contributed by atoms with van der Waals surface area (Å²) in [7, 11) is 1.58. The molecule has 0 unspecified atom stereocenters. The number of aryl methyl sites for hydroxylation is 1. The SMILES string of the molecule is CCn1nc(COC)c(CO)c1Cl. The van der Waals surface area contributed by atoms with Crippen molar-refractivity contribution in [1.29, 1.82) is 0 Å². The third kappa shape index (κ3) is 2.02. The molecular formula is C8H13ClN2O2. The second-order valence-electron chi connectivity index (χ2n) is 2.62. The van der Waals surface area contributed by atoms with Crippen LogP contribution in [0.4, 0.5) is 0 Å². The van der Waals surface area contributed by atoms with Gasteiger partial charge in [0.25, 0.3) is 0 Å². The molecule has 0 aliphatic rings. The van der Waals surface area contributed by atoms with Crippen molar-refractivity contribution in [2.45, 2.75) is 26.7 Å². The maximum absolute atomic E-state index is 9.04. The zero-order chi connectivity index (χ0) is 9.84. The molecule has 1 rings (SSSR count). The number of ether oxygens (including phenoxy) is 1. The molecule has 0 aromatic carbocycles. The summed E-state index contributed by atoms with van der Waals surface area (Å²) in [5, 5.41) is 13.7. The second-order valence-corrected chi connectivity index (χ2v) is 2.98. The second kappa shape index (κ2) is 4.60. The fourth-order valence-electron chi connectivity index (χ4n) is 1.14. The molecule has 0 amide bonds. The summed E-state index contributed by atoms with van der Waals surface area (Å²) >= 11 is 5.95. The molecular weight excluding hydrogens is 192 g/mol. The topological polar surface area (TPSA) is 47.3 Å². The Balaban J connectivity index is 3.04. The Bertz CT molecular complexity index is 286. The summed E-state index contributed by atoms with van der Waals surface area (Å²) < 4.78 is 6.58. The highest BCUT2D eigenvalue weighted by atomic mass is 35.5. The number of aliphatic hydroxyl groups excluding tert-OH is 1. The van der Waals surface area contributed by atoms with Gasteiger partial charge in [-0.1, -0.05) is 11.6 Å². The van der Waals surface area contributed by atoms with Gasteiger partial charge in [-0.3, -0.25) is 4.68 Å². The Kier molecular flexibility index (Phi) is 3.71. The van der Waals surface area contributed by atoms with Crippen LogP contribution in [0.5, 0.6) is 0 Å². The van der Waals surface area contributed by atoms with Crippen LogP contribution < -0.4 is 0 Å². The van der Waals surface area contributed by atoms with Crippen LogP contribution in [0.2, 0.25) is 5.15 Å². The summed E-state index contributed by atoms with van der Waals surface area (Å²) in [4.78, 5) is 0. The van der Waals surface area contributed by atoms with E-state index in [1.165, 1.54) is 0 Å². The van der Waals surface area contributed by atoms with E-state index < -0.39 is 0 Å². The molecule has 74 valence electrons. The van der Waals surface area contributed by atoms with Gasteiger partial charge in [-0.25, -0.2) is 0 Å². The first kappa shape index (κ1) is 10.5. The van der Waals surface area contributed by atoms with E-state index in [9.17, 15) is 0 Å². The number of aliphatic hydroxyl groups is 1. The molecule has 13 heavy (non-hydrogen) atoms. The lowest BCUT2D eigenvalue weighted by molar-refractivity contribution is 0.177. The molecule has 0 radical (unpaired) electrons. The van der Waals surface area contributed by atoms with Gasteiger partial charge in [-0.05, 0) is 6.92 Å². The fourth-order valence-corrected chi connectivity index (χ4v) is 1.47. The molecule has 0 atom stereocenters. The molecule has 0 fully saturated rings. The molecule has 0 aliphatic carbocycles. The van der Waals surface area contributed by atoms with Crippen LogP contribution in [0.3, 0.4) is 0 Å². The van der Waals surface area contributed by atoms with Crippen LogP contribution >= 0.6 is 11.6 Å². The number of rotatable bonds is 4. The van der Waals surface area contributed by atoms with E-state index in [0.717, 1.165) is 0 Å². The molecule has 0 saturated carbocycles. The molecule has 1 aromatic rings. The first-order chi connectivity index (χ1) is 6.24. The van der Waals surface area contributed by atoms with Crippen LogP contribution in [0.25, 0.3) is 0 Å². The lowest BCUT2D eigenvalue weighted by Crippen LogP contribution is -1.97. The number of hydrogen-bond acceptors (Lipinski definition) is 3. The number of hydrogen-bond donors (Lipinski definition) is 1. The summed E-state index contributed by atoms with van der Waals surface area (Å²) in [6.45, 7) is 2.91. The van der Waals surface area contributed by atoms with Gasteiger partial charge in [0.15, 0.2) is 0 Å². The molecule has 0 bridgehead atoms. The van der Waals surface area contributed by atoms with Gasteiger partial charge in [-0.2, -0.15) is 5.10 Å². The highest BCUT2D eigenvalue weighted by molar-refractivity contribution is 6.30. The normalized spacial score (nSPS) is 10.8. The number of methoxy groups -OCH3 is 1. The molecule has 1 heterocycles. The lowest BCUT2D eigenvalue weighted by atomic mass is 10.3. The minimum atomic E-state index is -0.0997.